The summed E-state index contributed by atoms with van der Waals surface area (Å²) in [6.07, 6.45) is 0.925. The van der Waals surface area contributed by atoms with Crippen molar-refractivity contribution in [3.05, 3.63) is 58.7 Å². The average molecular weight is 285 g/mol. The minimum absolute atomic E-state index is 0.191. The lowest BCUT2D eigenvalue weighted by atomic mass is 10.1. The normalized spacial score (nSPS) is 12.4. The van der Waals surface area contributed by atoms with E-state index in [1.165, 1.54) is 32.0 Å². The summed E-state index contributed by atoms with van der Waals surface area (Å²) in [5, 5.41) is 0. The van der Waals surface area contributed by atoms with Crippen LogP contribution in [0, 0.1) is 20.8 Å². The first-order valence-corrected chi connectivity index (χ1v) is 7.87. The third kappa shape index (κ3) is 3.87. The molecule has 0 saturated carbocycles. The van der Waals surface area contributed by atoms with E-state index in [9.17, 15) is 0 Å². The molecule has 2 rings (SSSR count). The van der Waals surface area contributed by atoms with Gasteiger partial charge in [-0.15, -0.1) is 0 Å². The fraction of sp³-hybridized carbons (Fsp3) is 0.333. The average Bonchev–Trinajstić information content (AvgIpc) is 2.36. The first-order chi connectivity index (χ1) is 9.45. The van der Waals surface area contributed by atoms with Crippen LogP contribution in [0.25, 0.3) is 0 Å². The zero-order chi connectivity index (χ0) is 14.7. The molecule has 2 heteroatoms. The molecule has 0 radical (unpaired) electrons. The fourth-order valence-electron chi connectivity index (χ4n) is 2.22. The van der Waals surface area contributed by atoms with Crippen LogP contribution >= 0.6 is 11.8 Å². The van der Waals surface area contributed by atoms with Crippen LogP contribution in [0.4, 0.5) is 0 Å². The standard InChI is InChI=1S/C18H23NS/c1-12-5-8-18(16(9-12)11-15(4)19)20-17-7-6-13(2)14(3)10-17/h5-10,15H,11,19H2,1-4H3. The summed E-state index contributed by atoms with van der Waals surface area (Å²) >= 11 is 1.83. The molecule has 0 fully saturated rings. The molecule has 0 aliphatic carbocycles. The maximum atomic E-state index is 5.97. The Morgan fingerprint density at radius 1 is 1.00 bits per heavy atom. The van der Waals surface area contributed by atoms with Crippen LogP contribution < -0.4 is 5.73 Å². The molecule has 106 valence electrons. The number of hydrogen-bond donors (Lipinski definition) is 1. The molecule has 20 heavy (non-hydrogen) atoms. The van der Waals surface area contributed by atoms with Crippen molar-refractivity contribution in [3.8, 4) is 0 Å². The van der Waals surface area contributed by atoms with Crippen molar-refractivity contribution in [1.29, 1.82) is 0 Å². The Bertz CT molecular complexity index is 602. The van der Waals surface area contributed by atoms with Gasteiger partial charge >= 0.3 is 0 Å². The molecule has 1 unspecified atom stereocenters. The van der Waals surface area contributed by atoms with E-state index < -0.39 is 0 Å². The van der Waals surface area contributed by atoms with E-state index in [2.05, 4.69) is 64.1 Å². The van der Waals surface area contributed by atoms with Gasteiger partial charge in [-0.1, -0.05) is 35.5 Å². The second-order valence-corrected chi connectivity index (χ2v) is 6.76. The maximum Gasteiger partial charge on any atom is 0.0155 e. The Balaban J connectivity index is 2.30. The van der Waals surface area contributed by atoms with Crippen molar-refractivity contribution in [3.63, 3.8) is 0 Å². The molecule has 2 aromatic carbocycles. The van der Waals surface area contributed by atoms with Gasteiger partial charge in [-0.2, -0.15) is 0 Å². The Hall–Kier alpha value is -1.25. The topological polar surface area (TPSA) is 26.0 Å². The van der Waals surface area contributed by atoms with Crippen molar-refractivity contribution in [2.24, 2.45) is 5.73 Å². The lowest BCUT2D eigenvalue weighted by Crippen LogP contribution is -2.18. The molecule has 2 aromatic rings. The predicted molar refractivity (Wildman–Crippen MR) is 88.6 cm³/mol. The van der Waals surface area contributed by atoms with Crippen LogP contribution in [0.5, 0.6) is 0 Å². The first-order valence-electron chi connectivity index (χ1n) is 7.06. The third-order valence-corrected chi connectivity index (χ3v) is 4.57. The summed E-state index contributed by atoms with van der Waals surface area (Å²) in [4.78, 5) is 2.61. The van der Waals surface area contributed by atoms with Gasteiger partial charge in [0.15, 0.2) is 0 Å². The molecule has 0 spiro atoms. The van der Waals surface area contributed by atoms with Gasteiger partial charge in [0.2, 0.25) is 0 Å². The highest BCUT2D eigenvalue weighted by atomic mass is 32.2. The second-order valence-electron chi connectivity index (χ2n) is 5.64. The Morgan fingerprint density at radius 3 is 2.40 bits per heavy atom. The van der Waals surface area contributed by atoms with Crippen molar-refractivity contribution in [2.75, 3.05) is 0 Å². The van der Waals surface area contributed by atoms with Crippen molar-refractivity contribution >= 4 is 11.8 Å². The molecular weight excluding hydrogens is 262 g/mol. The lowest BCUT2D eigenvalue weighted by Gasteiger charge is -2.13. The van der Waals surface area contributed by atoms with E-state index in [1.807, 2.05) is 11.8 Å². The van der Waals surface area contributed by atoms with Gasteiger partial charge in [0, 0.05) is 15.8 Å². The number of hydrogen-bond acceptors (Lipinski definition) is 2. The number of benzene rings is 2. The van der Waals surface area contributed by atoms with E-state index in [0.717, 1.165) is 6.42 Å². The number of aryl methyl sites for hydroxylation is 3. The third-order valence-electron chi connectivity index (χ3n) is 3.46. The quantitative estimate of drug-likeness (QED) is 0.884. The first kappa shape index (κ1) is 15.1. The lowest BCUT2D eigenvalue weighted by molar-refractivity contribution is 0.729. The molecule has 0 aromatic heterocycles. The SMILES string of the molecule is Cc1ccc(Sc2ccc(C)c(C)c2)c(CC(C)N)c1. The summed E-state index contributed by atoms with van der Waals surface area (Å²) in [5.74, 6) is 0. The predicted octanol–water partition coefficient (Wildman–Crippen LogP) is 4.65. The van der Waals surface area contributed by atoms with E-state index in [1.54, 1.807) is 0 Å². The van der Waals surface area contributed by atoms with Gasteiger partial charge in [-0.05, 0) is 69.0 Å². The highest BCUT2D eigenvalue weighted by Gasteiger charge is 2.08. The fourth-order valence-corrected chi connectivity index (χ4v) is 3.25. The van der Waals surface area contributed by atoms with Crippen molar-refractivity contribution in [1.82, 2.24) is 0 Å². The van der Waals surface area contributed by atoms with Crippen LogP contribution in [-0.4, -0.2) is 6.04 Å². The van der Waals surface area contributed by atoms with Crippen molar-refractivity contribution in [2.45, 2.75) is 49.9 Å². The van der Waals surface area contributed by atoms with Crippen LogP contribution in [0.15, 0.2) is 46.2 Å². The summed E-state index contributed by atoms with van der Waals surface area (Å²) in [5.41, 5.74) is 11.3. The summed E-state index contributed by atoms with van der Waals surface area (Å²) in [7, 11) is 0. The van der Waals surface area contributed by atoms with Gasteiger partial charge in [0.1, 0.15) is 0 Å². The molecule has 0 bridgehead atoms. The molecule has 1 atom stereocenters. The Kier molecular flexibility index (Phi) is 4.90. The van der Waals surface area contributed by atoms with Gasteiger partial charge in [-0.25, -0.2) is 0 Å². The maximum absolute atomic E-state index is 5.97. The summed E-state index contributed by atoms with van der Waals surface area (Å²) in [6.45, 7) is 8.51. The summed E-state index contributed by atoms with van der Waals surface area (Å²) < 4.78 is 0. The minimum atomic E-state index is 0.191. The van der Waals surface area contributed by atoms with Crippen LogP contribution in [0.1, 0.15) is 29.2 Å². The van der Waals surface area contributed by atoms with E-state index in [-0.39, 0.29) is 6.04 Å². The van der Waals surface area contributed by atoms with E-state index in [0.29, 0.717) is 0 Å². The number of nitrogens with two attached hydrogens (primary N) is 1. The van der Waals surface area contributed by atoms with Gasteiger partial charge < -0.3 is 5.73 Å². The van der Waals surface area contributed by atoms with Crippen LogP contribution in [0.2, 0.25) is 0 Å². The zero-order valence-electron chi connectivity index (χ0n) is 12.7. The second kappa shape index (κ2) is 6.47. The molecule has 0 aliphatic heterocycles. The van der Waals surface area contributed by atoms with Gasteiger partial charge in [0.25, 0.3) is 0 Å². The molecule has 0 aliphatic rings. The minimum Gasteiger partial charge on any atom is -0.328 e. The molecule has 0 heterocycles. The van der Waals surface area contributed by atoms with E-state index in [4.69, 9.17) is 5.73 Å². The monoisotopic (exact) mass is 285 g/mol. The Labute approximate surface area is 126 Å². The van der Waals surface area contributed by atoms with Gasteiger partial charge in [0.05, 0.1) is 0 Å². The molecule has 0 saturated heterocycles. The number of rotatable bonds is 4. The zero-order valence-corrected chi connectivity index (χ0v) is 13.6. The highest BCUT2D eigenvalue weighted by molar-refractivity contribution is 7.99. The van der Waals surface area contributed by atoms with Crippen LogP contribution in [-0.2, 0) is 6.42 Å². The highest BCUT2D eigenvalue weighted by Crippen LogP contribution is 2.32. The Morgan fingerprint density at radius 2 is 1.75 bits per heavy atom. The molecule has 2 N–H and O–H groups in total. The van der Waals surface area contributed by atoms with E-state index >= 15 is 0 Å². The smallest absolute Gasteiger partial charge is 0.0155 e. The van der Waals surface area contributed by atoms with Gasteiger partial charge in [-0.3, -0.25) is 0 Å². The summed E-state index contributed by atoms with van der Waals surface area (Å²) in [6, 6.07) is 13.5. The largest absolute Gasteiger partial charge is 0.328 e. The van der Waals surface area contributed by atoms with Crippen molar-refractivity contribution < 1.29 is 0 Å². The molecule has 0 amide bonds. The van der Waals surface area contributed by atoms with Crippen LogP contribution in [0.3, 0.4) is 0 Å². The molecular formula is C18H23NS. The molecule has 1 nitrogen and oxygen atoms in total.